The van der Waals surface area contributed by atoms with E-state index in [0.29, 0.717) is 0 Å². The Labute approximate surface area is 164 Å². The normalized spacial score (nSPS) is 12.1. The standard InChI is InChI=1S/C23H47N3/c1-3-5-7-9-11-12-13-14-16-18-20-22-23(25-26-24)21-19-17-15-10-8-6-4-2/h23H,3-22H2,1-2H3. The van der Waals surface area contributed by atoms with Crippen LogP contribution < -0.4 is 0 Å². The van der Waals surface area contributed by atoms with Gasteiger partial charge in [-0.3, -0.25) is 0 Å². The lowest BCUT2D eigenvalue weighted by Gasteiger charge is -2.11. The van der Waals surface area contributed by atoms with E-state index in [0.717, 1.165) is 12.8 Å². The Kier molecular flexibility index (Phi) is 21.8. The molecule has 0 spiro atoms. The first-order valence-electron chi connectivity index (χ1n) is 11.9. The Morgan fingerprint density at radius 1 is 0.538 bits per heavy atom. The summed E-state index contributed by atoms with van der Waals surface area (Å²) in [6.45, 7) is 4.54. The van der Waals surface area contributed by atoms with Gasteiger partial charge in [0.1, 0.15) is 0 Å². The summed E-state index contributed by atoms with van der Waals surface area (Å²) < 4.78 is 0. The zero-order valence-corrected chi connectivity index (χ0v) is 18.1. The fourth-order valence-electron chi connectivity index (χ4n) is 3.71. The van der Waals surface area contributed by atoms with Crippen LogP contribution in [0.2, 0.25) is 0 Å². The monoisotopic (exact) mass is 365 g/mol. The van der Waals surface area contributed by atoms with E-state index >= 15 is 0 Å². The summed E-state index contributed by atoms with van der Waals surface area (Å²) in [7, 11) is 0. The van der Waals surface area contributed by atoms with Crippen LogP contribution in [0, 0.1) is 0 Å². The van der Waals surface area contributed by atoms with Crippen LogP contribution in [0.1, 0.15) is 142 Å². The summed E-state index contributed by atoms with van der Waals surface area (Å²) in [5.41, 5.74) is 8.77. The van der Waals surface area contributed by atoms with Gasteiger partial charge in [0.05, 0.1) is 0 Å². The van der Waals surface area contributed by atoms with Gasteiger partial charge in [0.25, 0.3) is 0 Å². The lowest BCUT2D eigenvalue weighted by molar-refractivity contribution is 0.479. The minimum Gasteiger partial charge on any atom is -0.0906 e. The summed E-state index contributed by atoms with van der Waals surface area (Å²) in [4.78, 5) is 3.07. The van der Waals surface area contributed by atoms with Gasteiger partial charge < -0.3 is 0 Å². The van der Waals surface area contributed by atoms with Gasteiger partial charge in [-0.05, 0) is 18.4 Å². The minimum atomic E-state index is 0.245. The smallest absolute Gasteiger partial charge is 0.0374 e. The molecule has 0 aromatic heterocycles. The largest absolute Gasteiger partial charge is 0.0906 e. The molecule has 0 heterocycles. The van der Waals surface area contributed by atoms with Crippen LogP contribution in [0.5, 0.6) is 0 Å². The Morgan fingerprint density at radius 3 is 1.15 bits per heavy atom. The summed E-state index contributed by atoms with van der Waals surface area (Å²) in [5.74, 6) is 0. The third-order valence-corrected chi connectivity index (χ3v) is 5.50. The van der Waals surface area contributed by atoms with Crippen LogP contribution in [-0.4, -0.2) is 6.04 Å². The van der Waals surface area contributed by atoms with Crippen molar-refractivity contribution in [3.8, 4) is 0 Å². The molecular formula is C23H47N3. The molecule has 0 aliphatic rings. The molecule has 0 fully saturated rings. The zero-order valence-electron chi connectivity index (χ0n) is 18.1. The van der Waals surface area contributed by atoms with Crippen molar-refractivity contribution in [1.82, 2.24) is 0 Å². The van der Waals surface area contributed by atoms with Gasteiger partial charge in [-0.2, -0.15) is 0 Å². The zero-order chi connectivity index (χ0) is 19.1. The molecule has 0 saturated carbocycles. The first kappa shape index (κ1) is 25.3. The number of hydrogen-bond acceptors (Lipinski definition) is 1. The highest BCUT2D eigenvalue weighted by Crippen LogP contribution is 2.17. The van der Waals surface area contributed by atoms with Crippen LogP contribution in [0.25, 0.3) is 10.4 Å². The fourth-order valence-corrected chi connectivity index (χ4v) is 3.71. The van der Waals surface area contributed by atoms with E-state index in [1.807, 2.05) is 0 Å². The van der Waals surface area contributed by atoms with Gasteiger partial charge in [-0.15, -0.1) is 0 Å². The molecule has 0 saturated heterocycles. The van der Waals surface area contributed by atoms with Crippen molar-refractivity contribution < 1.29 is 0 Å². The summed E-state index contributed by atoms with van der Waals surface area (Å²) >= 11 is 0. The molecule has 26 heavy (non-hydrogen) atoms. The summed E-state index contributed by atoms with van der Waals surface area (Å²) in [6.07, 6.45) is 26.7. The third kappa shape index (κ3) is 19.6. The van der Waals surface area contributed by atoms with Crippen LogP contribution in [0.4, 0.5) is 0 Å². The maximum absolute atomic E-state index is 8.77. The Bertz CT molecular complexity index is 311. The summed E-state index contributed by atoms with van der Waals surface area (Å²) in [6, 6.07) is 0.245. The van der Waals surface area contributed by atoms with Crippen LogP contribution >= 0.6 is 0 Å². The van der Waals surface area contributed by atoms with Crippen LogP contribution in [0.3, 0.4) is 0 Å². The lowest BCUT2D eigenvalue weighted by Crippen LogP contribution is -2.03. The lowest BCUT2D eigenvalue weighted by atomic mass is 10.0. The van der Waals surface area contributed by atoms with Crippen molar-refractivity contribution in [2.24, 2.45) is 5.11 Å². The van der Waals surface area contributed by atoms with Crippen molar-refractivity contribution in [3.05, 3.63) is 10.4 Å². The summed E-state index contributed by atoms with van der Waals surface area (Å²) in [5, 5.41) is 4.03. The maximum Gasteiger partial charge on any atom is 0.0374 e. The molecule has 0 radical (unpaired) electrons. The Balaban J connectivity index is 3.44. The van der Waals surface area contributed by atoms with Gasteiger partial charge in [0, 0.05) is 11.0 Å². The second kappa shape index (κ2) is 22.4. The van der Waals surface area contributed by atoms with E-state index in [1.165, 1.54) is 116 Å². The van der Waals surface area contributed by atoms with Crippen molar-refractivity contribution >= 4 is 0 Å². The average molecular weight is 366 g/mol. The Hall–Kier alpha value is -0.690. The van der Waals surface area contributed by atoms with E-state index < -0.39 is 0 Å². The molecule has 0 aliphatic heterocycles. The topological polar surface area (TPSA) is 48.8 Å². The second-order valence-electron chi connectivity index (χ2n) is 8.09. The van der Waals surface area contributed by atoms with Gasteiger partial charge in [-0.1, -0.05) is 135 Å². The molecule has 1 unspecified atom stereocenters. The number of nitrogens with zero attached hydrogens (tertiary/aromatic N) is 3. The quantitative estimate of drug-likeness (QED) is 0.0841. The molecule has 0 bridgehead atoms. The molecule has 3 heteroatoms. The molecule has 154 valence electrons. The van der Waals surface area contributed by atoms with E-state index in [-0.39, 0.29) is 6.04 Å². The number of hydrogen-bond donors (Lipinski definition) is 0. The fraction of sp³-hybridized carbons (Fsp3) is 1.00. The SMILES string of the molecule is CCCCCCCCCCCCCC(CCCCCCCCC)N=[N+]=[N-]. The second-order valence-corrected chi connectivity index (χ2v) is 8.09. The first-order valence-corrected chi connectivity index (χ1v) is 11.9. The van der Waals surface area contributed by atoms with E-state index in [4.69, 9.17) is 5.53 Å². The Morgan fingerprint density at radius 2 is 0.846 bits per heavy atom. The molecular weight excluding hydrogens is 318 g/mol. The molecule has 1 atom stereocenters. The van der Waals surface area contributed by atoms with Gasteiger partial charge in [0.15, 0.2) is 0 Å². The molecule has 3 nitrogen and oxygen atoms in total. The molecule has 0 aromatic rings. The predicted octanol–water partition coefficient (Wildman–Crippen LogP) is 9.51. The number of azide groups is 1. The van der Waals surface area contributed by atoms with Gasteiger partial charge in [-0.25, -0.2) is 0 Å². The van der Waals surface area contributed by atoms with E-state index in [2.05, 4.69) is 23.9 Å². The molecule has 0 amide bonds. The third-order valence-electron chi connectivity index (χ3n) is 5.50. The van der Waals surface area contributed by atoms with Crippen molar-refractivity contribution in [2.45, 2.75) is 148 Å². The first-order chi connectivity index (χ1) is 12.8. The van der Waals surface area contributed by atoms with Crippen molar-refractivity contribution in [3.63, 3.8) is 0 Å². The van der Waals surface area contributed by atoms with Crippen molar-refractivity contribution in [1.29, 1.82) is 0 Å². The molecule has 0 aromatic carbocycles. The molecule has 0 N–H and O–H groups in total. The van der Waals surface area contributed by atoms with Gasteiger partial charge >= 0.3 is 0 Å². The van der Waals surface area contributed by atoms with E-state index in [1.54, 1.807) is 0 Å². The highest BCUT2D eigenvalue weighted by molar-refractivity contribution is 4.67. The predicted molar refractivity (Wildman–Crippen MR) is 117 cm³/mol. The van der Waals surface area contributed by atoms with E-state index in [9.17, 15) is 0 Å². The highest BCUT2D eigenvalue weighted by Gasteiger charge is 2.06. The maximum atomic E-state index is 8.77. The number of rotatable bonds is 21. The molecule has 0 aliphatic carbocycles. The molecule has 0 rings (SSSR count). The number of unbranched alkanes of at least 4 members (excludes halogenated alkanes) is 16. The van der Waals surface area contributed by atoms with Gasteiger partial charge in [0.2, 0.25) is 0 Å². The highest BCUT2D eigenvalue weighted by atomic mass is 15.1. The van der Waals surface area contributed by atoms with Crippen LogP contribution in [-0.2, 0) is 0 Å². The van der Waals surface area contributed by atoms with Crippen molar-refractivity contribution in [2.75, 3.05) is 0 Å². The average Bonchev–Trinajstić information content (AvgIpc) is 2.65. The minimum absolute atomic E-state index is 0.245. The van der Waals surface area contributed by atoms with Crippen LogP contribution in [0.15, 0.2) is 5.11 Å².